The molecule has 0 heterocycles. The van der Waals surface area contributed by atoms with Crippen LogP contribution in [0, 0.1) is 5.41 Å². The van der Waals surface area contributed by atoms with E-state index in [-0.39, 0.29) is 12.6 Å². The third-order valence-corrected chi connectivity index (χ3v) is 3.88. The van der Waals surface area contributed by atoms with E-state index in [4.69, 9.17) is 0 Å². The van der Waals surface area contributed by atoms with E-state index in [1.54, 1.807) is 13.8 Å². The van der Waals surface area contributed by atoms with Crippen LogP contribution >= 0.6 is 0 Å². The predicted octanol–water partition coefficient (Wildman–Crippen LogP) is 3.29. The molecule has 0 aromatic rings. The van der Waals surface area contributed by atoms with Crippen molar-refractivity contribution in [1.82, 2.24) is 4.90 Å². The summed E-state index contributed by atoms with van der Waals surface area (Å²) in [5.41, 5.74) is -1.01. The van der Waals surface area contributed by atoms with E-state index in [0.29, 0.717) is 12.8 Å². The van der Waals surface area contributed by atoms with Gasteiger partial charge in [0, 0.05) is 12.6 Å². The van der Waals surface area contributed by atoms with Gasteiger partial charge >= 0.3 is 12.1 Å². The van der Waals surface area contributed by atoms with Crippen LogP contribution in [-0.4, -0.2) is 41.3 Å². The van der Waals surface area contributed by atoms with Crippen LogP contribution in [0.25, 0.3) is 0 Å². The molecule has 0 aromatic heterocycles. The topological polar surface area (TPSA) is 40.5 Å². The SMILES string of the molecule is CC(C)N(CC(F)(F)F)CC1(C(=O)O)CCCCC1. The van der Waals surface area contributed by atoms with Gasteiger partial charge in [0.15, 0.2) is 0 Å². The lowest BCUT2D eigenvalue weighted by atomic mass is 9.73. The van der Waals surface area contributed by atoms with Crippen molar-refractivity contribution < 1.29 is 23.1 Å². The molecule has 19 heavy (non-hydrogen) atoms. The normalized spacial score (nSPS) is 19.9. The number of carboxylic acids is 1. The zero-order valence-electron chi connectivity index (χ0n) is 11.5. The van der Waals surface area contributed by atoms with Crippen LogP contribution in [0.2, 0.25) is 0 Å². The summed E-state index contributed by atoms with van der Waals surface area (Å²) in [5, 5.41) is 9.41. The van der Waals surface area contributed by atoms with Crippen LogP contribution in [0.3, 0.4) is 0 Å². The number of aliphatic carboxylic acids is 1. The quantitative estimate of drug-likeness (QED) is 0.840. The maximum absolute atomic E-state index is 12.6. The molecule has 1 rings (SSSR count). The lowest BCUT2D eigenvalue weighted by Gasteiger charge is -2.39. The van der Waals surface area contributed by atoms with Crippen molar-refractivity contribution >= 4 is 5.97 Å². The maximum Gasteiger partial charge on any atom is 0.401 e. The van der Waals surface area contributed by atoms with Crippen LogP contribution < -0.4 is 0 Å². The third kappa shape index (κ3) is 4.67. The Balaban J connectivity index is 2.82. The molecule has 0 aromatic carbocycles. The van der Waals surface area contributed by atoms with Gasteiger partial charge in [-0.15, -0.1) is 0 Å². The molecule has 0 radical (unpaired) electrons. The molecule has 0 saturated heterocycles. The molecule has 0 spiro atoms. The van der Waals surface area contributed by atoms with Gasteiger partial charge in [0.1, 0.15) is 0 Å². The Morgan fingerprint density at radius 1 is 1.26 bits per heavy atom. The second-order valence-electron chi connectivity index (χ2n) is 5.76. The fourth-order valence-corrected chi connectivity index (χ4v) is 2.71. The number of nitrogens with zero attached hydrogens (tertiary/aromatic N) is 1. The average molecular weight is 281 g/mol. The number of carboxylic acid groups (broad SMARTS) is 1. The molecule has 1 N–H and O–H groups in total. The first kappa shape index (κ1) is 16.3. The van der Waals surface area contributed by atoms with E-state index in [0.717, 1.165) is 19.3 Å². The second kappa shape index (κ2) is 6.11. The maximum atomic E-state index is 12.6. The summed E-state index contributed by atoms with van der Waals surface area (Å²) >= 11 is 0. The minimum absolute atomic E-state index is 0.0144. The van der Waals surface area contributed by atoms with Gasteiger partial charge in [-0.2, -0.15) is 13.2 Å². The molecule has 1 aliphatic rings. The van der Waals surface area contributed by atoms with E-state index in [1.165, 1.54) is 4.90 Å². The number of halogens is 3. The Kier molecular flexibility index (Phi) is 5.24. The van der Waals surface area contributed by atoms with Crippen LogP contribution in [0.1, 0.15) is 46.0 Å². The summed E-state index contributed by atoms with van der Waals surface area (Å²) in [6.07, 6.45) is -0.810. The Morgan fingerprint density at radius 3 is 2.16 bits per heavy atom. The second-order valence-corrected chi connectivity index (χ2v) is 5.76. The fourth-order valence-electron chi connectivity index (χ4n) is 2.71. The number of alkyl halides is 3. The summed E-state index contributed by atoms with van der Waals surface area (Å²) in [7, 11) is 0. The number of hydrogen-bond donors (Lipinski definition) is 1. The van der Waals surface area contributed by atoms with E-state index in [2.05, 4.69) is 0 Å². The van der Waals surface area contributed by atoms with Gasteiger partial charge in [-0.3, -0.25) is 9.69 Å². The third-order valence-electron chi connectivity index (χ3n) is 3.88. The number of carbonyl (C=O) groups is 1. The molecule has 0 aliphatic heterocycles. The Bertz CT molecular complexity index is 310. The van der Waals surface area contributed by atoms with Crippen molar-refractivity contribution in [2.75, 3.05) is 13.1 Å². The highest BCUT2D eigenvalue weighted by molar-refractivity contribution is 5.75. The van der Waals surface area contributed by atoms with Gasteiger partial charge in [0.2, 0.25) is 0 Å². The van der Waals surface area contributed by atoms with Crippen molar-refractivity contribution in [1.29, 1.82) is 0 Å². The van der Waals surface area contributed by atoms with Crippen molar-refractivity contribution in [2.45, 2.75) is 58.2 Å². The largest absolute Gasteiger partial charge is 0.481 e. The van der Waals surface area contributed by atoms with E-state index < -0.39 is 24.1 Å². The first-order chi connectivity index (χ1) is 8.66. The van der Waals surface area contributed by atoms with Crippen LogP contribution in [-0.2, 0) is 4.79 Å². The molecule has 6 heteroatoms. The monoisotopic (exact) mass is 281 g/mol. The van der Waals surface area contributed by atoms with Crippen LogP contribution in [0.5, 0.6) is 0 Å². The smallest absolute Gasteiger partial charge is 0.401 e. The minimum atomic E-state index is -4.29. The van der Waals surface area contributed by atoms with Crippen LogP contribution in [0.4, 0.5) is 13.2 Å². The molecule has 1 fully saturated rings. The van der Waals surface area contributed by atoms with Gasteiger partial charge in [-0.05, 0) is 26.7 Å². The first-order valence-electron chi connectivity index (χ1n) is 6.70. The summed E-state index contributed by atoms with van der Waals surface area (Å²) in [4.78, 5) is 12.7. The number of rotatable bonds is 5. The molecule has 112 valence electrons. The molecule has 0 atom stereocenters. The first-order valence-corrected chi connectivity index (χ1v) is 6.70. The predicted molar refractivity (Wildman–Crippen MR) is 65.9 cm³/mol. The molecular formula is C13H22F3NO2. The fraction of sp³-hybridized carbons (Fsp3) is 0.923. The molecule has 0 unspecified atom stereocenters. The van der Waals surface area contributed by atoms with E-state index >= 15 is 0 Å². The number of hydrogen-bond acceptors (Lipinski definition) is 2. The summed E-state index contributed by atoms with van der Waals surface area (Å²) in [6, 6.07) is -0.320. The lowest BCUT2D eigenvalue weighted by Crippen LogP contribution is -2.49. The van der Waals surface area contributed by atoms with Gasteiger partial charge in [0.25, 0.3) is 0 Å². The lowest BCUT2D eigenvalue weighted by molar-refractivity contribution is -0.165. The summed E-state index contributed by atoms with van der Waals surface area (Å²) < 4.78 is 37.7. The van der Waals surface area contributed by atoms with Crippen molar-refractivity contribution in [2.24, 2.45) is 5.41 Å². The Hall–Kier alpha value is -0.780. The molecule has 1 saturated carbocycles. The Labute approximate surface area is 111 Å². The summed E-state index contributed by atoms with van der Waals surface area (Å²) in [6.45, 7) is 2.29. The standard InChI is InChI=1S/C13H22F3NO2/c1-10(2)17(9-13(14,15)16)8-12(11(18)19)6-4-3-5-7-12/h10H,3-9H2,1-2H3,(H,18,19). The highest BCUT2D eigenvalue weighted by atomic mass is 19.4. The van der Waals surface area contributed by atoms with Crippen molar-refractivity contribution in [3.63, 3.8) is 0 Å². The zero-order chi connectivity index (χ0) is 14.7. The summed E-state index contributed by atoms with van der Waals surface area (Å²) in [5.74, 6) is -0.958. The Morgan fingerprint density at radius 2 is 1.79 bits per heavy atom. The molecule has 3 nitrogen and oxygen atoms in total. The highest BCUT2D eigenvalue weighted by Gasteiger charge is 2.43. The average Bonchev–Trinajstić information content (AvgIpc) is 2.27. The molecule has 1 aliphatic carbocycles. The van der Waals surface area contributed by atoms with Gasteiger partial charge in [-0.1, -0.05) is 19.3 Å². The van der Waals surface area contributed by atoms with Gasteiger partial charge in [-0.25, -0.2) is 0 Å². The van der Waals surface area contributed by atoms with Crippen molar-refractivity contribution in [3.05, 3.63) is 0 Å². The van der Waals surface area contributed by atoms with Gasteiger partial charge in [0.05, 0.1) is 12.0 Å². The van der Waals surface area contributed by atoms with E-state index in [9.17, 15) is 23.1 Å². The zero-order valence-corrected chi connectivity index (χ0v) is 11.5. The molecule has 0 bridgehead atoms. The van der Waals surface area contributed by atoms with Gasteiger partial charge < -0.3 is 5.11 Å². The highest BCUT2D eigenvalue weighted by Crippen LogP contribution is 2.38. The van der Waals surface area contributed by atoms with E-state index in [1.807, 2.05) is 0 Å². The minimum Gasteiger partial charge on any atom is -0.481 e. The van der Waals surface area contributed by atoms with Crippen molar-refractivity contribution in [3.8, 4) is 0 Å². The molecular weight excluding hydrogens is 259 g/mol. The molecule has 0 amide bonds. The van der Waals surface area contributed by atoms with Crippen LogP contribution in [0.15, 0.2) is 0 Å².